The molecular formula is C21H18BrClN4O6. The van der Waals surface area contributed by atoms with E-state index >= 15 is 0 Å². The highest BCUT2D eigenvalue weighted by molar-refractivity contribution is 9.10. The smallest absolute Gasteiger partial charge is 0.341 e. The van der Waals surface area contributed by atoms with Crippen LogP contribution < -0.4 is 10.3 Å². The normalized spacial score (nSPS) is 11.8. The van der Waals surface area contributed by atoms with Gasteiger partial charge in [-0.3, -0.25) is 14.9 Å². The number of hydrogen-bond acceptors (Lipinski definition) is 7. The lowest BCUT2D eigenvalue weighted by molar-refractivity contribution is -0.385. The third kappa shape index (κ3) is 5.37. The number of carboxylic acid groups (broad SMARTS) is 1. The van der Waals surface area contributed by atoms with Crippen molar-refractivity contribution in [2.75, 3.05) is 6.61 Å². The zero-order valence-corrected chi connectivity index (χ0v) is 20.0. The number of carboxylic acids is 1. The fraction of sp³-hybridized carbons (Fsp3) is 0.238. The van der Waals surface area contributed by atoms with Gasteiger partial charge in [0.15, 0.2) is 6.61 Å². The quantitative estimate of drug-likeness (QED) is 0.280. The van der Waals surface area contributed by atoms with E-state index in [9.17, 15) is 19.7 Å². The molecule has 0 atom stereocenters. The van der Waals surface area contributed by atoms with Gasteiger partial charge < -0.3 is 9.84 Å². The Morgan fingerprint density at radius 1 is 1.36 bits per heavy atom. The number of halogens is 2. The van der Waals surface area contributed by atoms with Gasteiger partial charge in [0.1, 0.15) is 5.82 Å². The summed E-state index contributed by atoms with van der Waals surface area (Å²) in [5, 5.41) is 25.0. The SMILES string of the molecule is CC(C)(C)c1nc2ccc(Br)cc2c(=O)n1N=Cc1cc(Cl)cc([N+](=O)[O-])c1OCC(=O)O. The van der Waals surface area contributed by atoms with E-state index < -0.39 is 34.2 Å². The number of hydrogen-bond donors (Lipinski definition) is 1. The van der Waals surface area contributed by atoms with Gasteiger partial charge in [-0.2, -0.15) is 9.78 Å². The summed E-state index contributed by atoms with van der Waals surface area (Å²) in [6, 6.07) is 7.46. The van der Waals surface area contributed by atoms with Crippen molar-refractivity contribution in [3.63, 3.8) is 0 Å². The van der Waals surface area contributed by atoms with Gasteiger partial charge in [0.25, 0.3) is 5.56 Å². The second-order valence-electron chi connectivity index (χ2n) is 7.99. The fourth-order valence-electron chi connectivity index (χ4n) is 2.98. The fourth-order valence-corrected chi connectivity index (χ4v) is 3.57. The van der Waals surface area contributed by atoms with E-state index in [1.807, 2.05) is 20.8 Å². The first kappa shape index (κ1) is 24.3. The lowest BCUT2D eigenvalue weighted by Crippen LogP contribution is -2.29. The summed E-state index contributed by atoms with van der Waals surface area (Å²) in [5.41, 5.74) is -1.05. The van der Waals surface area contributed by atoms with Crippen molar-refractivity contribution < 1.29 is 19.6 Å². The molecule has 33 heavy (non-hydrogen) atoms. The predicted octanol–water partition coefficient (Wildman–Crippen LogP) is 4.36. The van der Waals surface area contributed by atoms with E-state index in [2.05, 4.69) is 26.0 Å². The van der Waals surface area contributed by atoms with E-state index in [1.54, 1.807) is 18.2 Å². The van der Waals surface area contributed by atoms with Gasteiger partial charge in [-0.1, -0.05) is 48.3 Å². The monoisotopic (exact) mass is 536 g/mol. The summed E-state index contributed by atoms with van der Waals surface area (Å²) in [7, 11) is 0. The zero-order chi connectivity index (χ0) is 24.5. The number of aliphatic carboxylic acids is 1. The maximum Gasteiger partial charge on any atom is 0.341 e. The van der Waals surface area contributed by atoms with Crippen LogP contribution in [0.15, 0.2) is 44.7 Å². The van der Waals surface area contributed by atoms with E-state index in [0.717, 1.165) is 17.0 Å². The van der Waals surface area contributed by atoms with Gasteiger partial charge >= 0.3 is 11.7 Å². The minimum Gasteiger partial charge on any atom is -0.479 e. The van der Waals surface area contributed by atoms with Crippen LogP contribution in [-0.2, 0) is 10.2 Å². The van der Waals surface area contributed by atoms with Crippen molar-refractivity contribution in [1.82, 2.24) is 9.66 Å². The molecule has 10 nitrogen and oxygen atoms in total. The molecule has 3 rings (SSSR count). The molecule has 0 saturated heterocycles. The Kier molecular flexibility index (Phi) is 6.84. The van der Waals surface area contributed by atoms with Gasteiger partial charge in [-0.15, -0.1) is 0 Å². The Labute approximate surface area is 200 Å². The van der Waals surface area contributed by atoms with Crippen LogP contribution in [0.3, 0.4) is 0 Å². The first-order chi connectivity index (χ1) is 15.4. The van der Waals surface area contributed by atoms with E-state index in [4.69, 9.17) is 21.4 Å². The van der Waals surface area contributed by atoms with Gasteiger partial charge in [0, 0.05) is 26.5 Å². The molecule has 0 bridgehead atoms. The molecule has 2 aromatic carbocycles. The van der Waals surface area contributed by atoms with Crippen molar-refractivity contribution in [2.45, 2.75) is 26.2 Å². The summed E-state index contributed by atoms with van der Waals surface area (Å²) in [5.74, 6) is -1.31. The number of benzene rings is 2. The Balaban J connectivity index is 2.25. The third-order valence-corrected chi connectivity index (χ3v) is 5.10. The number of rotatable bonds is 6. The minimum atomic E-state index is -1.32. The summed E-state index contributed by atoms with van der Waals surface area (Å²) in [4.78, 5) is 39.5. The number of fused-ring (bicyclic) bond motifs is 1. The summed E-state index contributed by atoms with van der Waals surface area (Å²) >= 11 is 9.35. The number of ether oxygens (including phenoxy) is 1. The zero-order valence-electron chi connectivity index (χ0n) is 17.7. The Morgan fingerprint density at radius 2 is 2.06 bits per heavy atom. The second-order valence-corrected chi connectivity index (χ2v) is 9.34. The molecule has 0 saturated carbocycles. The molecule has 172 valence electrons. The first-order valence-electron chi connectivity index (χ1n) is 9.48. The first-order valence-corrected chi connectivity index (χ1v) is 10.6. The summed E-state index contributed by atoms with van der Waals surface area (Å²) in [6.45, 7) is 4.76. The number of nitrogens with zero attached hydrogens (tertiary/aromatic N) is 4. The molecule has 0 fully saturated rings. The highest BCUT2D eigenvalue weighted by Gasteiger charge is 2.24. The molecule has 0 unspecified atom stereocenters. The van der Waals surface area contributed by atoms with Gasteiger partial charge in [0.2, 0.25) is 5.75 Å². The Hall–Kier alpha value is -3.31. The number of nitro benzene ring substituents is 1. The molecule has 1 heterocycles. The van der Waals surface area contributed by atoms with Crippen molar-refractivity contribution in [1.29, 1.82) is 0 Å². The largest absolute Gasteiger partial charge is 0.479 e. The van der Waals surface area contributed by atoms with E-state index in [1.165, 1.54) is 6.07 Å². The van der Waals surface area contributed by atoms with Crippen molar-refractivity contribution in [3.8, 4) is 5.75 Å². The van der Waals surface area contributed by atoms with E-state index in [-0.39, 0.29) is 16.3 Å². The number of carbonyl (C=O) groups is 1. The molecule has 1 N–H and O–H groups in total. The number of aromatic nitrogens is 2. The molecule has 0 aliphatic heterocycles. The van der Waals surface area contributed by atoms with Crippen molar-refractivity contribution in [3.05, 3.63) is 71.7 Å². The van der Waals surface area contributed by atoms with Crippen LogP contribution in [0.5, 0.6) is 5.75 Å². The second kappa shape index (κ2) is 9.28. The van der Waals surface area contributed by atoms with Crippen LogP contribution in [-0.4, -0.2) is 38.5 Å². The third-order valence-electron chi connectivity index (χ3n) is 4.39. The van der Waals surface area contributed by atoms with Crippen LogP contribution in [0, 0.1) is 10.1 Å². The van der Waals surface area contributed by atoms with Crippen molar-refractivity contribution >= 4 is 56.3 Å². The molecule has 0 aliphatic rings. The molecule has 12 heteroatoms. The van der Waals surface area contributed by atoms with Crippen LogP contribution in [0.1, 0.15) is 32.2 Å². The average molecular weight is 538 g/mol. The predicted molar refractivity (Wildman–Crippen MR) is 127 cm³/mol. The highest BCUT2D eigenvalue weighted by atomic mass is 79.9. The van der Waals surface area contributed by atoms with Crippen LogP contribution in [0.2, 0.25) is 5.02 Å². The molecule has 3 aromatic rings. The van der Waals surface area contributed by atoms with Crippen molar-refractivity contribution in [2.24, 2.45) is 5.10 Å². The molecule has 0 amide bonds. The topological polar surface area (TPSA) is 137 Å². The number of nitro groups is 1. The summed E-state index contributed by atoms with van der Waals surface area (Å²) in [6.07, 6.45) is 1.15. The summed E-state index contributed by atoms with van der Waals surface area (Å²) < 4.78 is 6.93. The minimum absolute atomic E-state index is 0.00906. The molecule has 0 radical (unpaired) electrons. The standard InChI is InChI=1S/C21H18BrClN4O6/c1-21(2,3)20-25-15-5-4-12(22)7-14(15)19(30)26(20)24-9-11-6-13(23)8-16(27(31)32)18(11)33-10-17(28)29/h4-9H,10H2,1-3H3,(H,28,29). The molecule has 0 spiro atoms. The van der Waals surface area contributed by atoms with Crippen LogP contribution >= 0.6 is 27.5 Å². The van der Waals surface area contributed by atoms with E-state index in [0.29, 0.717) is 21.2 Å². The van der Waals surface area contributed by atoms with Gasteiger partial charge in [-0.05, 0) is 24.3 Å². The van der Waals surface area contributed by atoms with Crippen LogP contribution in [0.4, 0.5) is 5.69 Å². The Bertz CT molecular complexity index is 1360. The Morgan fingerprint density at radius 3 is 2.67 bits per heavy atom. The van der Waals surface area contributed by atoms with Crippen LogP contribution in [0.25, 0.3) is 10.9 Å². The average Bonchev–Trinajstić information content (AvgIpc) is 2.71. The maximum absolute atomic E-state index is 13.3. The highest BCUT2D eigenvalue weighted by Crippen LogP contribution is 2.34. The maximum atomic E-state index is 13.3. The van der Waals surface area contributed by atoms with Gasteiger partial charge in [-0.25, -0.2) is 9.78 Å². The lowest BCUT2D eigenvalue weighted by Gasteiger charge is -2.21. The van der Waals surface area contributed by atoms with Gasteiger partial charge in [0.05, 0.1) is 22.0 Å². The molecular weight excluding hydrogens is 520 g/mol. The molecule has 0 aliphatic carbocycles. The lowest BCUT2D eigenvalue weighted by atomic mass is 9.95. The molecule has 1 aromatic heterocycles.